The van der Waals surface area contributed by atoms with Crippen molar-refractivity contribution >= 4 is 12.0 Å². The van der Waals surface area contributed by atoms with Gasteiger partial charge in [-0.05, 0) is 12.5 Å². The van der Waals surface area contributed by atoms with E-state index in [1.807, 2.05) is 25.4 Å². The Bertz CT molecular complexity index is 378. The summed E-state index contributed by atoms with van der Waals surface area (Å²) in [6.07, 6.45) is 6.40. The van der Waals surface area contributed by atoms with Gasteiger partial charge in [-0.2, -0.15) is 5.10 Å². The van der Waals surface area contributed by atoms with Gasteiger partial charge in [-0.3, -0.25) is 9.48 Å². The summed E-state index contributed by atoms with van der Waals surface area (Å²) in [5.41, 5.74) is 7.08. The minimum atomic E-state index is -0.279. The molecule has 0 aliphatic heterocycles. The van der Waals surface area contributed by atoms with Gasteiger partial charge < -0.3 is 5.73 Å². The standard InChI is InChI=1S/C9H11N3O/c1-12-5-7-6(9(10)13)3-2-4-8(7)11-12/h2,4-6H,3H2,1H3,(H2,10,13). The van der Waals surface area contributed by atoms with Gasteiger partial charge in [0, 0.05) is 18.8 Å². The van der Waals surface area contributed by atoms with Crippen LogP contribution in [0.1, 0.15) is 23.6 Å². The van der Waals surface area contributed by atoms with E-state index in [9.17, 15) is 4.79 Å². The fourth-order valence-electron chi connectivity index (χ4n) is 1.63. The van der Waals surface area contributed by atoms with E-state index in [1.54, 1.807) is 4.68 Å². The Balaban J connectivity index is 2.48. The Morgan fingerprint density at radius 2 is 2.54 bits per heavy atom. The lowest BCUT2D eigenvalue weighted by Gasteiger charge is -2.13. The third-order valence-electron chi connectivity index (χ3n) is 2.25. The van der Waals surface area contributed by atoms with Crippen LogP contribution in [0.15, 0.2) is 12.3 Å². The van der Waals surface area contributed by atoms with Gasteiger partial charge in [-0.1, -0.05) is 6.08 Å². The molecule has 0 saturated heterocycles. The SMILES string of the molecule is Cn1cc2c(n1)C=CCC2C(N)=O. The predicted molar refractivity (Wildman–Crippen MR) is 48.8 cm³/mol. The first-order valence-electron chi connectivity index (χ1n) is 4.18. The number of carbonyl (C=O) groups is 1. The number of nitrogens with two attached hydrogens (primary N) is 1. The highest BCUT2D eigenvalue weighted by Gasteiger charge is 2.23. The van der Waals surface area contributed by atoms with E-state index in [2.05, 4.69) is 5.10 Å². The molecule has 4 nitrogen and oxygen atoms in total. The molecule has 1 amide bonds. The van der Waals surface area contributed by atoms with Crippen molar-refractivity contribution in [1.82, 2.24) is 9.78 Å². The molecule has 1 atom stereocenters. The zero-order chi connectivity index (χ0) is 9.42. The molecule has 13 heavy (non-hydrogen) atoms. The maximum Gasteiger partial charge on any atom is 0.225 e. The van der Waals surface area contributed by atoms with Gasteiger partial charge in [0.1, 0.15) is 0 Å². The van der Waals surface area contributed by atoms with Crippen LogP contribution >= 0.6 is 0 Å². The van der Waals surface area contributed by atoms with E-state index < -0.39 is 0 Å². The molecule has 1 aliphatic carbocycles. The molecular formula is C9H11N3O. The highest BCUT2D eigenvalue weighted by Crippen LogP contribution is 2.28. The van der Waals surface area contributed by atoms with Crippen LogP contribution in [0.5, 0.6) is 0 Å². The maximum atomic E-state index is 11.1. The van der Waals surface area contributed by atoms with Crippen LogP contribution in [0.25, 0.3) is 6.08 Å². The van der Waals surface area contributed by atoms with Crippen molar-refractivity contribution in [3.63, 3.8) is 0 Å². The summed E-state index contributed by atoms with van der Waals surface area (Å²) in [5, 5.41) is 4.21. The summed E-state index contributed by atoms with van der Waals surface area (Å²) in [7, 11) is 1.84. The monoisotopic (exact) mass is 177 g/mol. The minimum Gasteiger partial charge on any atom is -0.369 e. The number of primary amides is 1. The van der Waals surface area contributed by atoms with Crippen LogP contribution < -0.4 is 5.73 Å². The van der Waals surface area contributed by atoms with Crippen molar-refractivity contribution in [3.8, 4) is 0 Å². The maximum absolute atomic E-state index is 11.1. The number of allylic oxidation sites excluding steroid dienone is 1. The van der Waals surface area contributed by atoms with Crippen molar-refractivity contribution in [2.45, 2.75) is 12.3 Å². The Morgan fingerprint density at radius 3 is 3.23 bits per heavy atom. The fourth-order valence-corrected chi connectivity index (χ4v) is 1.63. The molecule has 0 fully saturated rings. The number of aryl methyl sites for hydroxylation is 1. The predicted octanol–water partition coefficient (Wildman–Crippen LogP) is 0.406. The quantitative estimate of drug-likeness (QED) is 0.675. The van der Waals surface area contributed by atoms with Crippen molar-refractivity contribution < 1.29 is 4.79 Å². The van der Waals surface area contributed by atoms with Gasteiger partial charge in [-0.25, -0.2) is 0 Å². The summed E-state index contributed by atoms with van der Waals surface area (Å²) in [6, 6.07) is 0. The third kappa shape index (κ3) is 1.24. The zero-order valence-electron chi connectivity index (χ0n) is 7.40. The molecule has 1 heterocycles. The van der Waals surface area contributed by atoms with E-state index in [0.29, 0.717) is 6.42 Å². The summed E-state index contributed by atoms with van der Waals surface area (Å²) in [6.45, 7) is 0. The lowest BCUT2D eigenvalue weighted by Crippen LogP contribution is -2.22. The second kappa shape index (κ2) is 2.73. The van der Waals surface area contributed by atoms with Crippen LogP contribution in [-0.2, 0) is 11.8 Å². The Morgan fingerprint density at radius 1 is 1.77 bits per heavy atom. The van der Waals surface area contributed by atoms with Gasteiger partial charge >= 0.3 is 0 Å². The first kappa shape index (κ1) is 8.04. The van der Waals surface area contributed by atoms with Crippen LogP contribution in [0.4, 0.5) is 0 Å². The molecule has 1 unspecified atom stereocenters. The number of hydrogen-bond acceptors (Lipinski definition) is 2. The van der Waals surface area contributed by atoms with E-state index >= 15 is 0 Å². The Hall–Kier alpha value is -1.58. The lowest BCUT2D eigenvalue weighted by molar-refractivity contribution is -0.119. The van der Waals surface area contributed by atoms with E-state index in [0.717, 1.165) is 11.3 Å². The van der Waals surface area contributed by atoms with Crippen LogP contribution in [-0.4, -0.2) is 15.7 Å². The molecule has 0 bridgehead atoms. The molecular weight excluding hydrogens is 166 g/mol. The average molecular weight is 177 g/mol. The number of aromatic nitrogens is 2. The van der Waals surface area contributed by atoms with E-state index in [1.165, 1.54) is 0 Å². The zero-order valence-corrected chi connectivity index (χ0v) is 7.40. The topological polar surface area (TPSA) is 60.9 Å². The van der Waals surface area contributed by atoms with Gasteiger partial charge in [-0.15, -0.1) is 0 Å². The fraction of sp³-hybridized carbons (Fsp3) is 0.333. The molecule has 68 valence electrons. The number of rotatable bonds is 1. The number of fused-ring (bicyclic) bond motifs is 1. The van der Waals surface area contributed by atoms with Crippen molar-refractivity contribution in [2.75, 3.05) is 0 Å². The van der Waals surface area contributed by atoms with E-state index in [-0.39, 0.29) is 11.8 Å². The minimum absolute atomic E-state index is 0.200. The largest absolute Gasteiger partial charge is 0.369 e. The van der Waals surface area contributed by atoms with Gasteiger partial charge in [0.2, 0.25) is 5.91 Å². The lowest BCUT2D eigenvalue weighted by atomic mass is 9.91. The van der Waals surface area contributed by atoms with E-state index in [4.69, 9.17) is 5.73 Å². The highest BCUT2D eigenvalue weighted by molar-refractivity contribution is 5.84. The molecule has 0 aromatic carbocycles. The average Bonchev–Trinajstić information content (AvgIpc) is 2.43. The molecule has 1 aromatic rings. The summed E-state index contributed by atoms with van der Waals surface area (Å²) < 4.78 is 1.70. The first-order valence-corrected chi connectivity index (χ1v) is 4.18. The van der Waals surface area contributed by atoms with Crippen molar-refractivity contribution in [3.05, 3.63) is 23.5 Å². The smallest absolute Gasteiger partial charge is 0.225 e. The molecule has 4 heteroatoms. The summed E-state index contributed by atoms with van der Waals surface area (Å²) >= 11 is 0. The van der Waals surface area contributed by atoms with Gasteiger partial charge in [0.15, 0.2) is 0 Å². The van der Waals surface area contributed by atoms with Crippen LogP contribution in [0, 0.1) is 0 Å². The Kier molecular flexibility index (Phi) is 1.69. The van der Waals surface area contributed by atoms with Gasteiger partial charge in [0.05, 0.1) is 11.6 Å². The molecule has 1 aromatic heterocycles. The second-order valence-corrected chi connectivity index (χ2v) is 3.24. The highest BCUT2D eigenvalue weighted by atomic mass is 16.1. The summed E-state index contributed by atoms with van der Waals surface area (Å²) in [5.74, 6) is -0.479. The van der Waals surface area contributed by atoms with Crippen LogP contribution in [0.2, 0.25) is 0 Å². The van der Waals surface area contributed by atoms with Crippen molar-refractivity contribution in [2.24, 2.45) is 12.8 Å². The molecule has 2 N–H and O–H groups in total. The number of nitrogens with zero attached hydrogens (tertiary/aromatic N) is 2. The molecule has 0 spiro atoms. The number of amides is 1. The molecule has 1 aliphatic rings. The molecule has 0 saturated carbocycles. The van der Waals surface area contributed by atoms with Gasteiger partial charge in [0.25, 0.3) is 0 Å². The molecule has 2 rings (SSSR count). The van der Waals surface area contributed by atoms with Crippen LogP contribution in [0.3, 0.4) is 0 Å². The summed E-state index contributed by atoms with van der Waals surface area (Å²) in [4.78, 5) is 11.1. The normalized spacial score (nSPS) is 19.9. The second-order valence-electron chi connectivity index (χ2n) is 3.24. The van der Waals surface area contributed by atoms with Crippen molar-refractivity contribution in [1.29, 1.82) is 0 Å². The Labute approximate surface area is 76.0 Å². The third-order valence-corrected chi connectivity index (χ3v) is 2.25. The number of hydrogen-bond donors (Lipinski definition) is 1. The molecule has 0 radical (unpaired) electrons. The first-order chi connectivity index (χ1) is 6.18. The number of carbonyl (C=O) groups excluding carboxylic acids is 1.